The number of aliphatic hydroxyl groups excluding tert-OH is 4. The molecule has 4 saturated heterocycles. The second kappa shape index (κ2) is 15.3. The van der Waals surface area contributed by atoms with Gasteiger partial charge in [-0.2, -0.15) is 8.42 Å². The summed E-state index contributed by atoms with van der Waals surface area (Å²) in [5.74, 6) is -0.202. The first-order valence-corrected chi connectivity index (χ1v) is 22.4. The van der Waals surface area contributed by atoms with Crippen molar-refractivity contribution in [3.63, 3.8) is 0 Å². The zero-order chi connectivity index (χ0) is 41.9. The molecule has 3 saturated carbocycles. The van der Waals surface area contributed by atoms with Gasteiger partial charge in [0.05, 0.1) is 37.1 Å². The summed E-state index contributed by atoms with van der Waals surface area (Å²) in [5.41, 5.74) is 1.34. The fraction of sp³-hybridized carbons (Fsp3) is 0.878. The molecular weight excluding hydrogens is 781 g/mol. The highest BCUT2D eigenvalue weighted by atomic mass is 32.3. The van der Waals surface area contributed by atoms with Crippen LogP contribution in [0.1, 0.15) is 92.9 Å². The molecule has 328 valence electrons. The van der Waals surface area contributed by atoms with Crippen molar-refractivity contribution in [2.75, 3.05) is 6.61 Å². The van der Waals surface area contributed by atoms with Gasteiger partial charge < -0.3 is 53.6 Å². The third kappa shape index (κ3) is 7.15. The average molecular weight is 843 g/mol. The maximum atomic E-state index is 12.1. The third-order valence-corrected chi connectivity index (χ3v) is 16.4. The quantitative estimate of drug-likeness (QED) is 0.141. The average Bonchev–Trinajstić information content (AvgIpc) is 3.59. The molecule has 0 amide bonds. The SMILES string of the molecule is C=C1CC[C@@]2(OC1)O[C@H]1CC3C4CC=C5C[C@@H](OS(=O)(=O)O)C[C@@H](O[C@@H]6O[C@H](C)[C@H](O)[C@H](O)[C@H]6O[C@@H]6O[C@@H](C)[C@H](O)[C@@H](O)[C@H]6OC(C)=O)[C@]5(C)C4CC[C@]3(C)[C@H]1[C@@H]2C. The van der Waals surface area contributed by atoms with Gasteiger partial charge in [-0.05, 0) is 81.5 Å². The number of hydrogen-bond donors (Lipinski definition) is 5. The van der Waals surface area contributed by atoms with Gasteiger partial charge in [0.1, 0.15) is 30.5 Å². The Morgan fingerprint density at radius 2 is 1.57 bits per heavy atom. The van der Waals surface area contributed by atoms with E-state index in [1.807, 2.05) is 0 Å². The van der Waals surface area contributed by atoms with Crippen LogP contribution in [0.25, 0.3) is 0 Å². The van der Waals surface area contributed by atoms with Crippen LogP contribution in [0.2, 0.25) is 0 Å². The number of ether oxygens (including phenoxy) is 7. The Hall–Kier alpha value is -1.58. The predicted molar refractivity (Wildman–Crippen MR) is 201 cm³/mol. The summed E-state index contributed by atoms with van der Waals surface area (Å²) in [6, 6.07) is 0. The van der Waals surface area contributed by atoms with Crippen LogP contribution in [-0.4, -0.2) is 131 Å². The van der Waals surface area contributed by atoms with E-state index in [9.17, 15) is 38.2 Å². The Morgan fingerprint density at radius 3 is 2.19 bits per heavy atom. The molecule has 5 N–H and O–H groups in total. The Morgan fingerprint density at radius 1 is 0.914 bits per heavy atom. The van der Waals surface area contributed by atoms with Crippen LogP contribution < -0.4 is 0 Å². The minimum absolute atomic E-state index is 0.00917. The molecule has 0 radical (unpaired) electrons. The van der Waals surface area contributed by atoms with Crippen molar-refractivity contribution in [3.8, 4) is 0 Å². The van der Waals surface area contributed by atoms with Crippen LogP contribution in [-0.2, 0) is 52.5 Å². The Balaban J connectivity index is 1.10. The molecule has 17 heteroatoms. The molecule has 8 rings (SSSR count). The molecule has 21 atom stereocenters. The van der Waals surface area contributed by atoms with E-state index in [2.05, 4.69) is 33.4 Å². The molecule has 16 nitrogen and oxygen atoms in total. The third-order valence-electron chi connectivity index (χ3n) is 15.9. The number of carbonyl (C=O) groups excluding carboxylic acids is 1. The predicted octanol–water partition coefficient (Wildman–Crippen LogP) is 2.71. The zero-order valence-corrected chi connectivity index (χ0v) is 35.0. The Bertz CT molecular complexity index is 1730. The summed E-state index contributed by atoms with van der Waals surface area (Å²) in [6.07, 6.45) is -7.98. The van der Waals surface area contributed by atoms with Crippen LogP contribution in [0.15, 0.2) is 23.8 Å². The highest BCUT2D eigenvalue weighted by Crippen LogP contribution is 2.71. The highest BCUT2D eigenvalue weighted by Gasteiger charge is 2.69. The normalized spacial score (nSPS) is 52.9. The van der Waals surface area contributed by atoms with Crippen molar-refractivity contribution < 1.29 is 75.5 Å². The van der Waals surface area contributed by atoms with Crippen LogP contribution in [0.3, 0.4) is 0 Å². The number of aliphatic hydroxyl groups is 4. The topological polar surface area (TPSA) is 226 Å². The summed E-state index contributed by atoms with van der Waals surface area (Å²) >= 11 is 0. The molecule has 3 unspecified atom stereocenters. The first-order chi connectivity index (χ1) is 27.2. The van der Waals surface area contributed by atoms with Crippen molar-refractivity contribution in [1.29, 1.82) is 0 Å². The largest absolute Gasteiger partial charge is 0.454 e. The molecule has 0 aromatic carbocycles. The monoisotopic (exact) mass is 842 g/mol. The number of allylic oxidation sites excluding steroid dienone is 1. The molecule has 0 bridgehead atoms. The lowest BCUT2D eigenvalue weighted by molar-refractivity contribution is -0.371. The number of hydrogen-bond acceptors (Lipinski definition) is 15. The second-order valence-electron chi connectivity index (χ2n) is 19.0. The molecule has 0 aromatic heterocycles. The minimum Gasteiger partial charge on any atom is -0.454 e. The van der Waals surface area contributed by atoms with E-state index < -0.39 is 101 Å². The van der Waals surface area contributed by atoms with Gasteiger partial charge in [0, 0.05) is 31.1 Å². The van der Waals surface area contributed by atoms with E-state index in [1.165, 1.54) is 6.92 Å². The number of carbonyl (C=O) groups is 1. The van der Waals surface area contributed by atoms with Gasteiger partial charge in [0.15, 0.2) is 24.5 Å². The Kier molecular flexibility index (Phi) is 11.4. The molecule has 8 aliphatic rings. The fourth-order valence-corrected chi connectivity index (χ4v) is 13.4. The number of rotatable bonds is 7. The van der Waals surface area contributed by atoms with Crippen molar-refractivity contribution in [2.45, 2.75) is 178 Å². The molecule has 4 aliphatic heterocycles. The van der Waals surface area contributed by atoms with Crippen molar-refractivity contribution in [1.82, 2.24) is 0 Å². The van der Waals surface area contributed by atoms with Gasteiger partial charge in [-0.25, -0.2) is 4.18 Å². The van der Waals surface area contributed by atoms with Gasteiger partial charge in [0.25, 0.3) is 0 Å². The second-order valence-corrected chi connectivity index (χ2v) is 20.0. The van der Waals surface area contributed by atoms with Crippen LogP contribution in [0, 0.1) is 40.4 Å². The summed E-state index contributed by atoms with van der Waals surface area (Å²) in [6.45, 7) is 15.7. The van der Waals surface area contributed by atoms with E-state index >= 15 is 0 Å². The van der Waals surface area contributed by atoms with Gasteiger partial charge >= 0.3 is 16.4 Å². The van der Waals surface area contributed by atoms with E-state index in [0.717, 1.165) is 56.6 Å². The lowest BCUT2D eigenvalue weighted by Gasteiger charge is -2.61. The first kappa shape index (κ1) is 43.1. The highest BCUT2D eigenvalue weighted by molar-refractivity contribution is 7.80. The standard InChI is InChI=1S/C41H62O16S/c1-18-10-13-41(50-17-18)19(2)30-28(56-41)16-27-25-9-8-23-14-24(57-58(47,48)49)15-29(40(23,7)26(25)11-12-39(27,30)6)54-37-36(34(46)32(44)20(3)51-37)55-38-35(53-22(5)42)33(45)31(43)21(4)52-38/h8,19-21,24-38,43-46H,1,9-17H2,2-7H3,(H,47,48,49)/t19-,20+,21-,24+,25?,26?,27?,28-,29+,30-,31-,32-,33+,34-,35+,36+,37-,38-,39-,40-,41+/m0/s1. The van der Waals surface area contributed by atoms with Gasteiger partial charge in [0.2, 0.25) is 0 Å². The maximum absolute atomic E-state index is 12.1. The van der Waals surface area contributed by atoms with Gasteiger partial charge in [-0.15, -0.1) is 0 Å². The maximum Gasteiger partial charge on any atom is 0.397 e. The first-order valence-electron chi connectivity index (χ1n) is 21.0. The van der Waals surface area contributed by atoms with Crippen molar-refractivity contribution >= 4 is 16.4 Å². The summed E-state index contributed by atoms with van der Waals surface area (Å²) in [7, 11) is -4.84. The Labute approximate surface area is 340 Å². The lowest BCUT2D eigenvalue weighted by Crippen LogP contribution is -2.65. The van der Waals surface area contributed by atoms with Gasteiger partial charge in [-0.1, -0.05) is 44.6 Å². The molecule has 7 fully saturated rings. The van der Waals surface area contributed by atoms with E-state index in [4.69, 9.17) is 37.3 Å². The summed E-state index contributed by atoms with van der Waals surface area (Å²) in [4.78, 5) is 12.1. The van der Waals surface area contributed by atoms with Crippen LogP contribution >= 0.6 is 0 Å². The molecule has 0 aromatic rings. The number of fused-ring (bicyclic) bond motifs is 7. The van der Waals surface area contributed by atoms with E-state index in [1.54, 1.807) is 6.92 Å². The fourth-order valence-electron chi connectivity index (χ4n) is 13.0. The summed E-state index contributed by atoms with van der Waals surface area (Å²) in [5, 5.41) is 44.0. The van der Waals surface area contributed by atoms with Gasteiger partial charge in [-0.3, -0.25) is 9.35 Å². The summed E-state index contributed by atoms with van der Waals surface area (Å²) < 4.78 is 83.1. The van der Waals surface area contributed by atoms with Crippen molar-refractivity contribution in [3.05, 3.63) is 23.8 Å². The molecule has 4 heterocycles. The molecule has 4 aliphatic carbocycles. The van der Waals surface area contributed by atoms with Crippen LogP contribution in [0.5, 0.6) is 0 Å². The smallest absolute Gasteiger partial charge is 0.397 e. The van der Waals surface area contributed by atoms with E-state index in [0.29, 0.717) is 18.4 Å². The number of esters is 1. The minimum atomic E-state index is -4.84. The lowest BCUT2D eigenvalue weighted by atomic mass is 9.46. The van der Waals surface area contributed by atoms with Crippen molar-refractivity contribution in [2.24, 2.45) is 40.4 Å². The zero-order valence-electron chi connectivity index (χ0n) is 34.2. The van der Waals surface area contributed by atoms with Crippen LogP contribution in [0.4, 0.5) is 0 Å². The molecule has 1 spiro atoms. The molecule has 58 heavy (non-hydrogen) atoms. The van der Waals surface area contributed by atoms with E-state index in [-0.39, 0.29) is 42.1 Å². The molecular formula is C41H62O16S.